The molecule has 0 spiro atoms. The number of benzene rings is 2. The first-order valence-electron chi connectivity index (χ1n) is 9.73. The van der Waals surface area contributed by atoms with Crippen molar-refractivity contribution in [2.24, 2.45) is 5.73 Å². The second kappa shape index (κ2) is 9.43. The van der Waals surface area contributed by atoms with Gasteiger partial charge in [0, 0.05) is 31.3 Å². The van der Waals surface area contributed by atoms with E-state index in [1.165, 1.54) is 14.2 Å². The number of rotatable bonds is 6. The highest BCUT2D eigenvalue weighted by Crippen LogP contribution is 2.34. The topological polar surface area (TPSA) is 93.9 Å². The molecule has 1 fully saturated rings. The quantitative estimate of drug-likeness (QED) is 0.781. The van der Waals surface area contributed by atoms with Crippen molar-refractivity contribution < 1.29 is 19.1 Å². The molecule has 2 amide bonds. The van der Waals surface area contributed by atoms with Gasteiger partial charge in [0.1, 0.15) is 0 Å². The molecular formula is C22H27N3O4. The van der Waals surface area contributed by atoms with Crippen molar-refractivity contribution in [3.05, 3.63) is 53.1 Å². The number of carbonyl (C=O) groups excluding carboxylic acids is 2. The molecule has 0 saturated carbocycles. The first-order valence-corrected chi connectivity index (χ1v) is 9.73. The predicted octanol–water partition coefficient (Wildman–Crippen LogP) is 3.04. The Balaban J connectivity index is 1.93. The van der Waals surface area contributed by atoms with E-state index in [2.05, 4.69) is 5.32 Å². The minimum Gasteiger partial charge on any atom is -0.493 e. The number of nitrogens with zero attached hydrogens (tertiary/aromatic N) is 1. The van der Waals surface area contributed by atoms with E-state index in [-0.39, 0.29) is 11.8 Å². The molecule has 1 aliphatic heterocycles. The first kappa shape index (κ1) is 20.7. The van der Waals surface area contributed by atoms with Crippen molar-refractivity contribution in [3.63, 3.8) is 0 Å². The smallest absolute Gasteiger partial charge is 0.256 e. The van der Waals surface area contributed by atoms with Crippen LogP contribution < -0.4 is 20.5 Å². The third-order valence-corrected chi connectivity index (χ3v) is 5.10. The molecule has 0 radical (unpaired) electrons. The summed E-state index contributed by atoms with van der Waals surface area (Å²) in [7, 11) is 3.03. The fourth-order valence-corrected chi connectivity index (χ4v) is 3.41. The minimum absolute atomic E-state index is 0.126. The maximum absolute atomic E-state index is 13.2. The van der Waals surface area contributed by atoms with E-state index in [0.717, 1.165) is 24.8 Å². The number of methoxy groups -OCH3 is 2. The number of hydrogen-bond acceptors (Lipinski definition) is 5. The lowest BCUT2D eigenvalue weighted by Gasteiger charge is -2.28. The normalized spacial score (nSPS) is 13.7. The number of carbonyl (C=O) groups is 2. The standard InChI is InChI=1S/C22H27N3O4/c1-28-19-12-17(22(27)25-10-4-3-5-11-25)18(13-20(19)29-2)24-21(26)16-8-6-15(14-23)7-9-16/h6-9,12-13H,3-5,10-11,14,23H2,1-2H3,(H,24,26). The predicted molar refractivity (Wildman–Crippen MR) is 112 cm³/mol. The lowest BCUT2D eigenvalue weighted by Crippen LogP contribution is -2.36. The summed E-state index contributed by atoms with van der Waals surface area (Å²) in [6, 6.07) is 10.3. The van der Waals surface area contributed by atoms with E-state index in [0.29, 0.717) is 47.9 Å². The van der Waals surface area contributed by atoms with Gasteiger partial charge in [-0.1, -0.05) is 12.1 Å². The van der Waals surface area contributed by atoms with Crippen molar-refractivity contribution >= 4 is 17.5 Å². The average molecular weight is 397 g/mol. The zero-order chi connectivity index (χ0) is 20.8. The summed E-state index contributed by atoms with van der Waals surface area (Å²) in [6.45, 7) is 1.83. The second-order valence-corrected chi connectivity index (χ2v) is 6.96. The van der Waals surface area contributed by atoms with Gasteiger partial charge in [-0.05, 0) is 43.0 Å². The zero-order valence-corrected chi connectivity index (χ0v) is 16.9. The molecule has 154 valence electrons. The molecule has 0 bridgehead atoms. The molecule has 0 aliphatic carbocycles. The van der Waals surface area contributed by atoms with Gasteiger partial charge in [-0.15, -0.1) is 0 Å². The van der Waals surface area contributed by atoms with Crippen LogP contribution in [0.15, 0.2) is 36.4 Å². The number of amides is 2. The Morgan fingerprint density at radius 3 is 2.21 bits per heavy atom. The van der Waals surface area contributed by atoms with E-state index in [1.807, 2.05) is 17.0 Å². The average Bonchev–Trinajstić information content (AvgIpc) is 2.78. The van der Waals surface area contributed by atoms with Crippen LogP contribution in [0.3, 0.4) is 0 Å². The maximum Gasteiger partial charge on any atom is 0.256 e. The summed E-state index contributed by atoms with van der Waals surface area (Å²) >= 11 is 0. The van der Waals surface area contributed by atoms with Crippen LogP contribution in [0.4, 0.5) is 5.69 Å². The maximum atomic E-state index is 13.2. The summed E-state index contributed by atoms with van der Waals surface area (Å²) in [5.74, 6) is 0.447. The van der Waals surface area contributed by atoms with Gasteiger partial charge in [0.05, 0.1) is 25.5 Å². The molecule has 3 rings (SSSR count). The summed E-state index contributed by atoms with van der Waals surface area (Å²) in [4.78, 5) is 27.7. The van der Waals surface area contributed by atoms with Gasteiger partial charge < -0.3 is 25.4 Å². The van der Waals surface area contributed by atoms with Crippen LogP contribution in [-0.4, -0.2) is 44.0 Å². The largest absolute Gasteiger partial charge is 0.493 e. The van der Waals surface area contributed by atoms with Gasteiger partial charge in [0.15, 0.2) is 11.5 Å². The van der Waals surface area contributed by atoms with Gasteiger partial charge in [-0.2, -0.15) is 0 Å². The number of nitrogens with two attached hydrogens (primary N) is 1. The van der Waals surface area contributed by atoms with Crippen LogP contribution in [0.5, 0.6) is 11.5 Å². The molecule has 3 N–H and O–H groups in total. The Kier molecular flexibility index (Phi) is 6.72. The highest BCUT2D eigenvalue weighted by atomic mass is 16.5. The van der Waals surface area contributed by atoms with Crippen molar-refractivity contribution in [3.8, 4) is 11.5 Å². The molecule has 7 heteroatoms. The van der Waals surface area contributed by atoms with E-state index in [9.17, 15) is 9.59 Å². The molecule has 2 aromatic carbocycles. The monoisotopic (exact) mass is 397 g/mol. The second-order valence-electron chi connectivity index (χ2n) is 6.96. The molecule has 1 aliphatic rings. The van der Waals surface area contributed by atoms with E-state index < -0.39 is 0 Å². The Labute approximate surface area is 170 Å². The van der Waals surface area contributed by atoms with E-state index >= 15 is 0 Å². The van der Waals surface area contributed by atoms with Crippen molar-refractivity contribution in [2.45, 2.75) is 25.8 Å². The number of nitrogens with one attached hydrogen (secondary N) is 1. The summed E-state index contributed by atoms with van der Waals surface area (Å²) in [5.41, 5.74) is 7.81. The van der Waals surface area contributed by atoms with Gasteiger partial charge in [0.2, 0.25) is 0 Å². The Morgan fingerprint density at radius 2 is 1.62 bits per heavy atom. The molecule has 0 atom stereocenters. The van der Waals surface area contributed by atoms with Gasteiger partial charge >= 0.3 is 0 Å². The summed E-state index contributed by atoms with van der Waals surface area (Å²) in [6.07, 6.45) is 3.08. The minimum atomic E-state index is -0.312. The molecule has 1 heterocycles. The van der Waals surface area contributed by atoms with E-state index in [1.54, 1.807) is 24.3 Å². The van der Waals surface area contributed by atoms with Crippen molar-refractivity contribution in [2.75, 3.05) is 32.6 Å². The van der Waals surface area contributed by atoms with Crippen LogP contribution in [-0.2, 0) is 6.54 Å². The Hall–Kier alpha value is -3.06. The van der Waals surface area contributed by atoms with E-state index in [4.69, 9.17) is 15.2 Å². The van der Waals surface area contributed by atoms with Crippen molar-refractivity contribution in [1.82, 2.24) is 4.90 Å². The highest BCUT2D eigenvalue weighted by Gasteiger charge is 2.24. The number of ether oxygens (including phenoxy) is 2. The highest BCUT2D eigenvalue weighted by molar-refractivity contribution is 6.09. The van der Waals surface area contributed by atoms with Crippen LogP contribution in [0, 0.1) is 0 Å². The van der Waals surface area contributed by atoms with Crippen LogP contribution in [0.1, 0.15) is 45.5 Å². The number of hydrogen-bond donors (Lipinski definition) is 2. The first-order chi connectivity index (χ1) is 14.1. The number of likely N-dealkylation sites (tertiary alicyclic amines) is 1. The fourth-order valence-electron chi connectivity index (χ4n) is 3.41. The third kappa shape index (κ3) is 4.68. The van der Waals surface area contributed by atoms with Crippen LogP contribution >= 0.6 is 0 Å². The summed E-state index contributed by atoms with van der Waals surface area (Å²) < 4.78 is 10.7. The Morgan fingerprint density at radius 1 is 1.00 bits per heavy atom. The lowest BCUT2D eigenvalue weighted by atomic mass is 10.1. The molecule has 0 aromatic heterocycles. The zero-order valence-electron chi connectivity index (χ0n) is 16.9. The lowest BCUT2D eigenvalue weighted by molar-refractivity contribution is 0.0725. The molecule has 2 aromatic rings. The SMILES string of the molecule is COc1cc(NC(=O)c2ccc(CN)cc2)c(C(=O)N2CCCCC2)cc1OC. The number of anilines is 1. The summed E-state index contributed by atoms with van der Waals surface area (Å²) in [5, 5.41) is 2.86. The van der Waals surface area contributed by atoms with Gasteiger partial charge in [0.25, 0.3) is 11.8 Å². The molecular weight excluding hydrogens is 370 g/mol. The van der Waals surface area contributed by atoms with Crippen LogP contribution in [0.2, 0.25) is 0 Å². The molecule has 7 nitrogen and oxygen atoms in total. The van der Waals surface area contributed by atoms with Crippen LogP contribution in [0.25, 0.3) is 0 Å². The Bertz CT molecular complexity index is 874. The van der Waals surface area contributed by atoms with Gasteiger partial charge in [-0.3, -0.25) is 9.59 Å². The van der Waals surface area contributed by atoms with Crippen molar-refractivity contribution in [1.29, 1.82) is 0 Å². The van der Waals surface area contributed by atoms with Gasteiger partial charge in [-0.25, -0.2) is 0 Å². The number of piperidine rings is 1. The molecule has 1 saturated heterocycles. The molecule has 0 unspecified atom stereocenters. The third-order valence-electron chi connectivity index (χ3n) is 5.10. The fraction of sp³-hybridized carbons (Fsp3) is 0.364. The molecule has 29 heavy (non-hydrogen) atoms.